The van der Waals surface area contributed by atoms with Crippen molar-refractivity contribution >= 4 is 13.6 Å². The van der Waals surface area contributed by atoms with Crippen LogP contribution in [-0.4, -0.2) is 23.8 Å². The Morgan fingerprint density at radius 1 is 0.864 bits per heavy atom. The lowest BCUT2D eigenvalue weighted by Gasteiger charge is -2.09. The monoisotopic (exact) mass is 304 g/mol. The SMILES string of the molecule is C=O.C=O.CCC(C)c1ccccc1O.Oc1ccccc1. The maximum absolute atomic E-state index is 9.41. The molecule has 4 nitrogen and oxygen atoms in total. The van der Waals surface area contributed by atoms with E-state index in [0.29, 0.717) is 17.4 Å². The highest BCUT2D eigenvalue weighted by Crippen LogP contribution is 2.26. The molecule has 2 aromatic carbocycles. The van der Waals surface area contributed by atoms with E-state index in [9.17, 15) is 5.11 Å². The molecule has 0 fully saturated rings. The van der Waals surface area contributed by atoms with Crippen molar-refractivity contribution in [3.8, 4) is 11.5 Å². The molecule has 120 valence electrons. The van der Waals surface area contributed by atoms with E-state index in [1.807, 2.05) is 37.8 Å². The first-order chi connectivity index (χ1) is 10.6. The molecule has 0 spiro atoms. The van der Waals surface area contributed by atoms with Gasteiger partial charge in [-0.15, -0.1) is 0 Å². The van der Waals surface area contributed by atoms with Crippen LogP contribution in [-0.2, 0) is 9.59 Å². The highest BCUT2D eigenvalue weighted by molar-refractivity contribution is 5.34. The maximum Gasteiger partial charge on any atom is 0.119 e. The fourth-order valence-corrected chi connectivity index (χ4v) is 1.55. The number of hydrogen-bond donors (Lipinski definition) is 2. The van der Waals surface area contributed by atoms with Crippen LogP contribution in [0.2, 0.25) is 0 Å². The molecule has 2 aromatic rings. The standard InChI is InChI=1S/C10H14O.C6H6O.2CH2O/c1-3-8(2)9-6-4-5-7-10(9)11;7-6-4-2-1-3-5-6;2*1-2/h4-8,11H,3H2,1-2H3;1-5,7H;2*1H2. The van der Waals surface area contributed by atoms with Crippen LogP contribution in [0.25, 0.3) is 0 Å². The summed E-state index contributed by atoms with van der Waals surface area (Å²) in [6, 6.07) is 16.2. The smallest absolute Gasteiger partial charge is 0.119 e. The van der Waals surface area contributed by atoms with Crippen LogP contribution >= 0.6 is 0 Å². The van der Waals surface area contributed by atoms with Gasteiger partial charge in [-0.25, -0.2) is 0 Å². The van der Waals surface area contributed by atoms with Crippen LogP contribution in [0.1, 0.15) is 31.7 Å². The Kier molecular flexibility index (Phi) is 14.6. The highest BCUT2D eigenvalue weighted by Gasteiger charge is 2.05. The van der Waals surface area contributed by atoms with Crippen LogP contribution in [0.15, 0.2) is 54.6 Å². The Bertz CT molecular complexity index is 483. The van der Waals surface area contributed by atoms with E-state index in [1.54, 1.807) is 30.3 Å². The number of rotatable bonds is 2. The van der Waals surface area contributed by atoms with Crippen molar-refractivity contribution in [2.75, 3.05) is 0 Å². The molecule has 0 saturated heterocycles. The third-order valence-corrected chi connectivity index (χ3v) is 2.84. The molecule has 0 aliphatic rings. The number of phenols is 2. The number of carbonyl (C=O) groups excluding carboxylic acids is 2. The Morgan fingerprint density at radius 2 is 1.32 bits per heavy atom. The van der Waals surface area contributed by atoms with Gasteiger partial charge in [0, 0.05) is 0 Å². The van der Waals surface area contributed by atoms with Gasteiger partial charge in [-0.1, -0.05) is 50.2 Å². The second kappa shape index (κ2) is 14.8. The van der Waals surface area contributed by atoms with Crippen LogP contribution < -0.4 is 0 Å². The molecule has 0 bridgehead atoms. The molecule has 0 heterocycles. The number of benzene rings is 2. The van der Waals surface area contributed by atoms with Crippen molar-refractivity contribution < 1.29 is 19.8 Å². The van der Waals surface area contributed by atoms with Gasteiger partial charge in [-0.2, -0.15) is 0 Å². The minimum Gasteiger partial charge on any atom is -0.508 e. The van der Waals surface area contributed by atoms with Crippen LogP contribution in [0, 0.1) is 0 Å². The van der Waals surface area contributed by atoms with E-state index in [-0.39, 0.29) is 0 Å². The summed E-state index contributed by atoms with van der Waals surface area (Å²) >= 11 is 0. The van der Waals surface area contributed by atoms with Gasteiger partial charge in [0.15, 0.2) is 0 Å². The van der Waals surface area contributed by atoms with E-state index < -0.39 is 0 Å². The molecule has 0 aliphatic heterocycles. The Morgan fingerprint density at radius 3 is 1.68 bits per heavy atom. The molecule has 0 radical (unpaired) electrons. The van der Waals surface area contributed by atoms with Crippen molar-refractivity contribution in [2.45, 2.75) is 26.2 Å². The fraction of sp³-hybridized carbons (Fsp3) is 0.222. The Labute approximate surface area is 132 Å². The van der Waals surface area contributed by atoms with Gasteiger partial charge in [0.2, 0.25) is 0 Å². The van der Waals surface area contributed by atoms with E-state index in [0.717, 1.165) is 12.0 Å². The minimum atomic E-state index is 0.322. The number of phenolic OH excluding ortho intramolecular Hbond substituents is 2. The average molecular weight is 304 g/mol. The largest absolute Gasteiger partial charge is 0.508 e. The maximum atomic E-state index is 9.41. The molecule has 1 atom stereocenters. The summed E-state index contributed by atoms with van der Waals surface area (Å²) in [6.45, 7) is 8.24. The second-order valence-corrected chi connectivity index (χ2v) is 4.20. The van der Waals surface area contributed by atoms with E-state index in [4.69, 9.17) is 14.7 Å². The predicted molar refractivity (Wildman–Crippen MR) is 89.2 cm³/mol. The van der Waals surface area contributed by atoms with Crippen molar-refractivity contribution in [1.29, 1.82) is 0 Å². The van der Waals surface area contributed by atoms with Crippen molar-refractivity contribution in [2.24, 2.45) is 0 Å². The third kappa shape index (κ3) is 9.31. The first-order valence-electron chi connectivity index (χ1n) is 6.74. The molecule has 2 rings (SSSR count). The molecule has 0 saturated carbocycles. The van der Waals surface area contributed by atoms with Gasteiger partial charge < -0.3 is 19.8 Å². The zero-order valence-corrected chi connectivity index (χ0v) is 13.1. The van der Waals surface area contributed by atoms with Crippen LogP contribution in [0.4, 0.5) is 0 Å². The number of hydrogen-bond acceptors (Lipinski definition) is 4. The normalized spacial score (nSPS) is 9.55. The number of aromatic hydroxyl groups is 2. The van der Waals surface area contributed by atoms with Gasteiger partial charge in [0.25, 0.3) is 0 Å². The van der Waals surface area contributed by atoms with Crippen LogP contribution in [0.3, 0.4) is 0 Å². The van der Waals surface area contributed by atoms with Crippen LogP contribution in [0.5, 0.6) is 11.5 Å². The zero-order chi connectivity index (χ0) is 17.4. The summed E-state index contributed by atoms with van der Waals surface area (Å²) in [5.41, 5.74) is 1.05. The fourth-order valence-electron chi connectivity index (χ4n) is 1.55. The quantitative estimate of drug-likeness (QED) is 0.881. The average Bonchev–Trinajstić information content (AvgIpc) is 2.59. The highest BCUT2D eigenvalue weighted by atomic mass is 16.3. The Balaban J connectivity index is 0. The molecular weight excluding hydrogens is 280 g/mol. The lowest BCUT2D eigenvalue weighted by Crippen LogP contribution is -1.90. The first-order valence-corrected chi connectivity index (χ1v) is 6.74. The topological polar surface area (TPSA) is 74.6 Å². The molecular formula is C18H24O4. The number of para-hydroxylation sites is 2. The predicted octanol–water partition coefficient (Wildman–Crippen LogP) is 3.93. The van der Waals surface area contributed by atoms with E-state index in [2.05, 4.69) is 13.8 Å². The molecule has 1 unspecified atom stereocenters. The first kappa shape index (κ1) is 21.7. The van der Waals surface area contributed by atoms with Crippen molar-refractivity contribution in [3.63, 3.8) is 0 Å². The van der Waals surface area contributed by atoms with Gasteiger partial charge in [-0.05, 0) is 36.1 Å². The molecule has 0 aliphatic carbocycles. The number of carbonyl (C=O) groups is 2. The van der Waals surface area contributed by atoms with Gasteiger partial charge in [0.1, 0.15) is 25.1 Å². The molecule has 0 aromatic heterocycles. The summed E-state index contributed by atoms with van der Waals surface area (Å²) in [7, 11) is 0. The minimum absolute atomic E-state index is 0.322. The Hall–Kier alpha value is -2.62. The van der Waals surface area contributed by atoms with Crippen molar-refractivity contribution in [1.82, 2.24) is 0 Å². The molecule has 4 heteroatoms. The molecule has 22 heavy (non-hydrogen) atoms. The third-order valence-electron chi connectivity index (χ3n) is 2.84. The molecule has 0 amide bonds. The van der Waals surface area contributed by atoms with Gasteiger partial charge in [-0.3, -0.25) is 0 Å². The van der Waals surface area contributed by atoms with Gasteiger partial charge >= 0.3 is 0 Å². The lowest BCUT2D eigenvalue weighted by atomic mass is 9.98. The zero-order valence-electron chi connectivity index (χ0n) is 13.1. The summed E-state index contributed by atoms with van der Waals surface area (Å²) in [6.07, 6.45) is 1.07. The summed E-state index contributed by atoms with van der Waals surface area (Å²) < 4.78 is 0. The van der Waals surface area contributed by atoms with Crippen molar-refractivity contribution in [3.05, 3.63) is 60.2 Å². The summed E-state index contributed by atoms with van der Waals surface area (Å²) in [4.78, 5) is 16.0. The molecule has 2 N–H and O–H groups in total. The lowest BCUT2D eigenvalue weighted by molar-refractivity contribution is -0.0987. The van der Waals surface area contributed by atoms with E-state index in [1.165, 1.54) is 0 Å². The summed E-state index contributed by atoms with van der Waals surface area (Å²) in [5, 5.41) is 18.0. The summed E-state index contributed by atoms with van der Waals surface area (Å²) in [5.74, 6) is 1.19. The van der Waals surface area contributed by atoms with E-state index >= 15 is 0 Å². The van der Waals surface area contributed by atoms with Gasteiger partial charge in [0.05, 0.1) is 0 Å². The second-order valence-electron chi connectivity index (χ2n) is 4.20.